The zero-order valence-electron chi connectivity index (χ0n) is 23.4. The van der Waals surface area contributed by atoms with Crippen molar-refractivity contribution < 1.29 is 25.5 Å². The highest BCUT2D eigenvalue weighted by molar-refractivity contribution is 5.30. The molecule has 2 unspecified atom stereocenters. The van der Waals surface area contributed by atoms with Crippen LogP contribution in [0.3, 0.4) is 0 Å². The molecule has 5 heteroatoms. The molecule has 4 aliphatic rings. The van der Waals surface area contributed by atoms with Gasteiger partial charge in [-0.15, -0.1) is 0 Å². The summed E-state index contributed by atoms with van der Waals surface area (Å²) in [6, 6.07) is 0. The lowest BCUT2D eigenvalue weighted by Gasteiger charge is -2.66. The Morgan fingerprint density at radius 3 is 2.11 bits per heavy atom. The van der Waals surface area contributed by atoms with E-state index in [9.17, 15) is 25.5 Å². The van der Waals surface area contributed by atoms with Crippen molar-refractivity contribution in [2.75, 3.05) is 0 Å². The summed E-state index contributed by atoms with van der Waals surface area (Å²) in [7, 11) is 0. The molecule has 5 nitrogen and oxygen atoms in total. The third-order valence-electron chi connectivity index (χ3n) is 12.5. The molecule has 35 heavy (non-hydrogen) atoms. The first-order valence-corrected chi connectivity index (χ1v) is 14.1. The van der Waals surface area contributed by atoms with E-state index < -0.39 is 23.9 Å². The largest absolute Gasteiger partial charge is 0.392 e. The van der Waals surface area contributed by atoms with E-state index in [1.165, 1.54) is 19.4 Å². The van der Waals surface area contributed by atoms with Crippen LogP contribution in [0.2, 0.25) is 0 Å². The number of allylic oxidation sites excluding steroid dienone is 1. The third kappa shape index (κ3) is 3.81. The normalized spacial score (nSPS) is 46.5. The van der Waals surface area contributed by atoms with E-state index in [-0.39, 0.29) is 39.6 Å². The van der Waals surface area contributed by atoms with Crippen LogP contribution >= 0.6 is 0 Å². The van der Waals surface area contributed by atoms with Crippen LogP contribution in [0.1, 0.15) is 100 Å². The molecule has 0 aromatic heterocycles. The lowest BCUT2D eigenvalue weighted by molar-refractivity contribution is -0.171. The molecule has 0 aromatic rings. The van der Waals surface area contributed by atoms with Crippen molar-refractivity contribution >= 4 is 0 Å². The zero-order valence-corrected chi connectivity index (χ0v) is 23.4. The van der Waals surface area contributed by atoms with Crippen LogP contribution in [-0.4, -0.2) is 55.5 Å². The molecule has 3 fully saturated rings. The van der Waals surface area contributed by atoms with Crippen LogP contribution in [0.25, 0.3) is 0 Å². The molecule has 202 valence electrons. The summed E-state index contributed by atoms with van der Waals surface area (Å²) in [5.41, 5.74) is 0.209. The van der Waals surface area contributed by atoms with E-state index in [0.29, 0.717) is 11.8 Å². The predicted octanol–water partition coefficient (Wildman–Crippen LogP) is 4.44. The van der Waals surface area contributed by atoms with Gasteiger partial charge in [-0.25, -0.2) is 0 Å². The topological polar surface area (TPSA) is 101 Å². The van der Waals surface area contributed by atoms with Crippen LogP contribution in [0.4, 0.5) is 0 Å². The standard InChI is InChI=1S/C30H52O5/c1-17(23(32)24(33)25(34)27(4,5)35)18-13-14-30(8)21-11-9-19-20(10-12-22(31)26(19,2)3)28(21,6)15-16-29(18,30)7/h9,17-18,20-25,31-35H,10-16H2,1-8H3/t17-,18+,20?,21?,22-,23-,24+,25+,28-,29+,30-/m0/s1. The molecule has 5 N–H and O–H groups in total. The first-order valence-electron chi connectivity index (χ1n) is 14.1. The molecule has 0 aromatic carbocycles. The molecule has 0 spiro atoms. The second-order valence-electron chi connectivity index (χ2n) is 14.7. The molecule has 0 amide bonds. The van der Waals surface area contributed by atoms with Crippen molar-refractivity contribution in [2.24, 2.45) is 45.3 Å². The third-order valence-corrected chi connectivity index (χ3v) is 12.5. The zero-order chi connectivity index (χ0) is 26.4. The van der Waals surface area contributed by atoms with Crippen molar-refractivity contribution in [3.05, 3.63) is 11.6 Å². The highest BCUT2D eigenvalue weighted by atomic mass is 16.4. The minimum absolute atomic E-state index is 0.0338. The number of hydrogen-bond acceptors (Lipinski definition) is 5. The molecule has 4 rings (SSSR count). The minimum atomic E-state index is -1.48. The van der Waals surface area contributed by atoms with E-state index in [1.807, 2.05) is 6.92 Å². The van der Waals surface area contributed by atoms with E-state index in [2.05, 4.69) is 40.7 Å². The van der Waals surface area contributed by atoms with Crippen molar-refractivity contribution in [1.82, 2.24) is 0 Å². The Balaban J connectivity index is 1.63. The predicted molar refractivity (Wildman–Crippen MR) is 138 cm³/mol. The first-order chi connectivity index (χ1) is 15.9. The van der Waals surface area contributed by atoms with Gasteiger partial charge in [-0.1, -0.05) is 53.2 Å². The van der Waals surface area contributed by atoms with Crippen molar-refractivity contribution in [3.8, 4) is 0 Å². The second kappa shape index (κ2) is 8.53. The molecule has 0 bridgehead atoms. The number of hydrogen-bond donors (Lipinski definition) is 5. The summed E-state index contributed by atoms with van der Waals surface area (Å²) in [5.74, 6) is 1.13. The summed E-state index contributed by atoms with van der Waals surface area (Å²) < 4.78 is 0. The fourth-order valence-electron chi connectivity index (χ4n) is 9.72. The van der Waals surface area contributed by atoms with E-state index >= 15 is 0 Å². The minimum Gasteiger partial charge on any atom is -0.392 e. The van der Waals surface area contributed by atoms with Gasteiger partial charge in [0.05, 0.1) is 17.8 Å². The Labute approximate surface area is 213 Å². The number of fused-ring (bicyclic) bond motifs is 5. The maximum atomic E-state index is 11.1. The Kier molecular flexibility index (Phi) is 6.72. The van der Waals surface area contributed by atoms with Crippen LogP contribution < -0.4 is 0 Å². The molecule has 0 saturated heterocycles. The fourth-order valence-corrected chi connectivity index (χ4v) is 9.72. The van der Waals surface area contributed by atoms with Gasteiger partial charge in [0, 0.05) is 5.41 Å². The summed E-state index contributed by atoms with van der Waals surface area (Å²) in [5, 5.41) is 53.3. The van der Waals surface area contributed by atoms with Gasteiger partial charge >= 0.3 is 0 Å². The Morgan fingerprint density at radius 2 is 1.51 bits per heavy atom. The van der Waals surface area contributed by atoms with E-state index in [1.54, 1.807) is 0 Å². The van der Waals surface area contributed by atoms with Crippen LogP contribution in [0, 0.1) is 45.3 Å². The first kappa shape index (κ1) is 27.6. The van der Waals surface area contributed by atoms with E-state index in [0.717, 1.165) is 44.9 Å². The molecule has 11 atom stereocenters. The monoisotopic (exact) mass is 492 g/mol. The van der Waals surface area contributed by atoms with Gasteiger partial charge in [-0.3, -0.25) is 0 Å². The average molecular weight is 493 g/mol. The fraction of sp³-hybridized carbons (Fsp3) is 0.933. The molecular weight excluding hydrogens is 440 g/mol. The quantitative estimate of drug-likeness (QED) is 0.365. The molecule has 4 aliphatic carbocycles. The van der Waals surface area contributed by atoms with Gasteiger partial charge in [0.25, 0.3) is 0 Å². The smallest absolute Gasteiger partial charge is 0.110 e. The number of aliphatic hydroxyl groups excluding tert-OH is 4. The SMILES string of the molecule is C[C@H]([C@H](O)[C@@H](O)[C@@H](O)C(C)(C)O)[C@H]1CC[C@@]2(C)C3CC=C4C(CC[C@H](O)C4(C)C)[C@]3(C)CC[C@]12C. The molecule has 0 heterocycles. The van der Waals surface area contributed by atoms with E-state index in [4.69, 9.17) is 0 Å². The maximum Gasteiger partial charge on any atom is 0.110 e. The van der Waals surface area contributed by atoms with Gasteiger partial charge in [0.1, 0.15) is 12.2 Å². The van der Waals surface area contributed by atoms with Gasteiger partial charge in [0.2, 0.25) is 0 Å². The summed E-state index contributed by atoms with van der Waals surface area (Å²) in [6.45, 7) is 16.8. The van der Waals surface area contributed by atoms with Crippen LogP contribution in [0.5, 0.6) is 0 Å². The van der Waals surface area contributed by atoms with Crippen molar-refractivity contribution in [2.45, 2.75) is 130 Å². The van der Waals surface area contributed by atoms with Gasteiger partial charge in [-0.05, 0) is 98.7 Å². The summed E-state index contributed by atoms with van der Waals surface area (Å²) >= 11 is 0. The summed E-state index contributed by atoms with van der Waals surface area (Å²) in [6.07, 6.45) is 5.68. The lowest BCUT2D eigenvalue weighted by atomic mass is 9.39. The molecule has 0 radical (unpaired) electrons. The van der Waals surface area contributed by atoms with Gasteiger partial charge in [-0.2, -0.15) is 0 Å². The van der Waals surface area contributed by atoms with Crippen LogP contribution in [-0.2, 0) is 0 Å². The van der Waals surface area contributed by atoms with Crippen molar-refractivity contribution in [1.29, 1.82) is 0 Å². The molecular formula is C30H52O5. The van der Waals surface area contributed by atoms with Gasteiger partial charge < -0.3 is 25.5 Å². The second-order valence-corrected chi connectivity index (χ2v) is 14.7. The maximum absolute atomic E-state index is 11.1. The van der Waals surface area contributed by atoms with Crippen molar-refractivity contribution in [3.63, 3.8) is 0 Å². The Morgan fingerprint density at radius 1 is 0.886 bits per heavy atom. The number of aliphatic hydroxyl groups is 5. The highest BCUT2D eigenvalue weighted by Gasteiger charge is 2.67. The summed E-state index contributed by atoms with van der Waals surface area (Å²) in [4.78, 5) is 0. The average Bonchev–Trinajstić information content (AvgIpc) is 3.05. The Hall–Kier alpha value is -0.460. The van der Waals surface area contributed by atoms with Gasteiger partial charge in [0.15, 0.2) is 0 Å². The molecule has 0 aliphatic heterocycles. The molecule has 3 saturated carbocycles. The number of rotatable bonds is 5. The van der Waals surface area contributed by atoms with Crippen LogP contribution in [0.15, 0.2) is 11.6 Å². The lowest BCUT2D eigenvalue weighted by Crippen LogP contribution is -2.60. The highest BCUT2D eigenvalue weighted by Crippen LogP contribution is 2.75. The Bertz CT molecular complexity index is 844.